The molecule has 0 radical (unpaired) electrons. The van der Waals surface area contributed by atoms with Crippen LogP contribution in [0.2, 0.25) is 0 Å². The van der Waals surface area contributed by atoms with E-state index in [-0.39, 0.29) is 30.1 Å². The number of hydrogen-bond acceptors (Lipinski definition) is 6. The Hall–Kier alpha value is -4.12. The Morgan fingerprint density at radius 2 is 1.82 bits per heavy atom. The predicted octanol–water partition coefficient (Wildman–Crippen LogP) is 4.51. The second-order valence-electron chi connectivity index (χ2n) is 13.1. The minimum Gasteiger partial charge on any atom is -0.482 e. The van der Waals surface area contributed by atoms with Crippen molar-refractivity contribution >= 4 is 28.6 Å². The fourth-order valence-corrected chi connectivity index (χ4v) is 7.53. The number of primary amides is 1. The molecule has 4 fully saturated rings. The quantitative estimate of drug-likeness (QED) is 0.329. The van der Waals surface area contributed by atoms with Crippen molar-refractivity contribution in [1.82, 2.24) is 28.7 Å². The van der Waals surface area contributed by atoms with Crippen LogP contribution in [-0.2, 0) is 13.0 Å². The Balaban J connectivity index is 0.000000356. The number of rotatable bonds is 6. The molecule has 11 nitrogen and oxygen atoms in total. The zero-order valence-corrected chi connectivity index (χ0v) is 26.5. The molecule has 0 spiro atoms. The molecule has 8 rings (SSSR count). The number of aryl methyl sites for hydroxylation is 2. The maximum absolute atomic E-state index is 13.7. The molecule has 3 amide bonds. The molecule has 11 heteroatoms. The first-order chi connectivity index (χ1) is 21.8. The lowest BCUT2D eigenvalue weighted by Gasteiger charge is -2.23. The van der Waals surface area contributed by atoms with Crippen LogP contribution >= 0.6 is 0 Å². The number of hydrogen-bond donors (Lipinski definition) is 2. The van der Waals surface area contributed by atoms with E-state index in [4.69, 9.17) is 26.2 Å². The summed E-state index contributed by atoms with van der Waals surface area (Å²) >= 11 is 0. The highest BCUT2D eigenvalue weighted by atomic mass is 16.5. The van der Waals surface area contributed by atoms with Gasteiger partial charge >= 0.3 is 6.03 Å². The summed E-state index contributed by atoms with van der Waals surface area (Å²) in [6.45, 7) is 6.88. The number of pyridine rings is 2. The Morgan fingerprint density at radius 3 is 2.42 bits per heavy atom. The van der Waals surface area contributed by atoms with E-state index in [9.17, 15) is 9.59 Å². The lowest BCUT2D eigenvalue weighted by Crippen LogP contribution is -2.40. The van der Waals surface area contributed by atoms with Gasteiger partial charge in [0.1, 0.15) is 17.0 Å². The number of nitrogens with two attached hydrogens (primary N) is 2. The Labute approximate surface area is 263 Å². The molecule has 1 saturated carbocycles. The maximum atomic E-state index is 13.7. The van der Waals surface area contributed by atoms with Crippen LogP contribution < -0.4 is 16.2 Å². The van der Waals surface area contributed by atoms with Gasteiger partial charge in [-0.1, -0.05) is 6.92 Å². The molecular weight excluding hydrogens is 568 g/mol. The fraction of sp³-hybridized carbons (Fsp3) is 0.529. The summed E-state index contributed by atoms with van der Waals surface area (Å²) in [5.41, 5.74) is 17.7. The van der Waals surface area contributed by atoms with Gasteiger partial charge in [-0.2, -0.15) is 0 Å². The normalized spacial score (nSPS) is 22.4. The highest BCUT2D eigenvalue weighted by molar-refractivity contribution is 5.96. The Bertz CT molecular complexity index is 1770. The number of urea groups is 1. The molecule has 0 aromatic carbocycles. The van der Waals surface area contributed by atoms with Gasteiger partial charge < -0.3 is 30.6 Å². The minimum atomic E-state index is -0.275. The van der Waals surface area contributed by atoms with Crippen molar-refractivity contribution in [3.8, 4) is 17.3 Å². The van der Waals surface area contributed by atoms with Gasteiger partial charge in [0, 0.05) is 60.5 Å². The third kappa shape index (κ3) is 5.30. The second kappa shape index (κ2) is 11.7. The van der Waals surface area contributed by atoms with E-state index >= 15 is 0 Å². The molecule has 3 saturated heterocycles. The van der Waals surface area contributed by atoms with Crippen LogP contribution in [0.25, 0.3) is 28.1 Å². The zero-order valence-electron chi connectivity index (χ0n) is 26.5. The van der Waals surface area contributed by atoms with Crippen molar-refractivity contribution in [3.05, 3.63) is 47.3 Å². The van der Waals surface area contributed by atoms with Gasteiger partial charge in [0.05, 0.1) is 18.5 Å². The van der Waals surface area contributed by atoms with Crippen molar-refractivity contribution in [2.24, 2.45) is 17.4 Å². The first-order valence-electron chi connectivity index (χ1n) is 16.5. The standard InChI is InChI=1S/C29H34N6O2.C5H10N2O/c1-4-20-8-7-18-11-24(33(28(18)31-20)15-17-5-6-17)27-16(2)34-25(32-27)12-19(13-26(34)37-3)29(36)35-21-9-10-23(35)22(30)14-21;6-5(8)7-3-1-2-4-7/h7-8,11-13,17,21-23H,4-6,9-10,14-15,30H2,1-3H3;1-4H2,(H2,6,8). The first kappa shape index (κ1) is 29.6. The van der Waals surface area contributed by atoms with Gasteiger partial charge in [0.25, 0.3) is 5.91 Å². The molecule has 4 aliphatic rings. The molecule has 3 unspecified atom stereocenters. The molecular formula is C34H44N8O3. The van der Waals surface area contributed by atoms with Gasteiger partial charge in [-0.05, 0) is 88.5 Å². The van der Waals surface area contributed by atoms with Crippen molar-refractivity contribution < 1.29 is 14.3 Å². The van der Waals surface area contributed by atoms with Gasteiger partial charge in [0.15, 0.2) is 5.88 Å². The number of carbonyl (C=O) groups excluding carboxylic acids is 2. The van der Waals surface area contributed by atoms with E-state index in [2.05, 4.69) is 36.6 Å². The number of fused-ring (bicyclic) bond motifs is 4. The van der Waals surface area contributed by atoms with Crippen LogP contribution in [0.3, 0.4) is 0 Å². The highest BCUT2D eigenvalue weighted by Crippen LogP contribution is 2.40. The zero-order chi connectivity index (χ0) is 31.4. The van der Waals surface area contributed by atoms with E-state index in [1.807, 2.05) is 21.4 Å². The SMILES string of the molecule is CCc1ccc2cc(-c3nc4cc(C(=O)N5C6CCC5C(N)C6)cc(OC)n4c3C)n(CC3CC3)c2n1.NC(=O)N1CCCC1. The Morgan fingerprint density at radius 1 is 1.04 bits per heavy atom. The molecule has 4 N–H and O–H groups in total. The lowest BCUT2D eigenvalue weighted by atomic mass is 9.97. The maximum Gasteiger partial charge on any atom is 0.314 e. The van der Waals surface area contributed by atoms with Gasteiger partial charge in [0.2, 0.25) is 0 Å². The summed E-state index contributed by atoms with van der Waals surface area (Å²) in [6.07, 6.45) is 8.58. The summed E-state index contributed by atoms with van der Waals surface area (Å²) in [6, 6.07) is 10.4. The fourth-order valence-electron chi connectivity index (χ4n) is 7.53. The van der Waals surface area contributed by atoms with Crippen LogP contribution in [0.4, 0.5) is 4.79 Å². The van der Waals surface area contributed by atoms with Crippen LogP contribution in [-0.4, -0.2) is 79.0 Å². The van der Waals surface area contributed by atoms with E-state index < -0.39 is 0 Å². The van der Waals surface area contributed by atoms with Gasteiger partial charge in [-0.15, -0.1) is 0 Å². The van der Waals surface area contributed by atoms with Gasteiger partial charge in [-0.25, -0.2) is 14.8 Å². The molecule has 3 atom stereocenters. The minimum absolute atomic E-state index is 0.0302. The van der Waals surface area contributed by atoms with E-state index in [1.165, 1.54) is 12.8 Å². The summed E-state index contributed by atoms with van der Waals surface area (Å²) in [5.74, 6) is 1.34. The third-order valence-corrected chi connectivity index (χ3v) is 10.2. The number of imidazole rings is 1. The van der Waals surface area contributed by atoms with Crippen LogP contribution in [0.1, 0.15) is 73.6 Å². The molecule has 4 aromatic heterocycles. The monoisotopic (exact) mass is 612 g/mol. The number of likely N-dealkylation sites (tertiary alicyclic amines) is 1. The molecule has 238 valence electrons. The van der Waals surface area contributed by atoms with Crippen molar-refractivity contribution in [2.75, 3.05) is 20.2 Å². The average molecular weight is 613 g/mol. The molecule has 1 aliphatic carbocycles. The van der Waals surface area contributed by atoms with E-state index in [0.29, 0.717) is 17.4 Å². The van der Waals surface area contributed by atoms with Crippen molar-refractivity contribution in [1.29, 1.82) is 0 Å². The third-order valence-electron chi connectivity index (χ3n) is 10.2. The molecule has 7 heterocycles. The summed E-state index contributed by atoms with van der Waals surface area (Å²) < 4.78 is 10.2. The summed E-state index contributed by atoms with van der Waals surface area (Å²) in [7, 11) is 1.65. The van der Waals surface area contributed by atoms with Crippen LogP contribution in [0.15, 0.2) is 30.3 Å². The first-order valence-corrected chi connectivity index (χ1v) is 16.5. The number of carbonyl (C=O) groups is 2. The highest BCUT2D eigenvalue weighted by Gasteiger charge is 2.47. The largest absolute Gasteiger partial charge is 0.482 e. The molecule has 2 bridgehead atoms. The van der Waals surface area contributed by atoms with Crippen LogP contribution in [0, 0.1) is 12.8 Å². The topological polar surface area (TPSA) is 137 Å². The van der Waals surface area contributed by atoms with E-state index in [0.717, 1.165) is 97.6 Å². The van der Waals surface area contributed by atoms with Crippen molar-refractivity contribution in [2.45, 2.75) is 89.9 Å². The van der Waals surface area contributed by atoms with Gasteiger partial charge in [-0.3, -0.25) is 9.20 Å². The lowest BCUT2D eigenvalue weighted by molar-refractivity contribution is 0.0726. The smallest absolute Gasteiger partial charge is 0.314 e. The van der Waals surface area contributed by atoms with Crippen LogP contribution in [0.5, 0.6) is 5.88 Å². The number of amides is 3. The number of ether oxygens (including phenoxy) is 1. The number of aromatic nitrogens is 4. The molecule has 4 aromatic rings. The summed E-state index contributed by atoms with van der Waals surface area (Å²) in [4.78, 5) is 37.8. The van der Waals surface area contributed by atoms with E-state index in [1.54, 1.807) is 12.0 Å². The Kier molecular flexibility index (Phi) is 7.67. The molecule has 45 heavy (non-hydrogen) atoms. The van der Waals surface area contributed by atoms with Crippen molar-refractivity contribution in [3.63, 3.8) is 0 Å². The summed E-state index contributed by atoms with van der Waals surface area (Å²) in [5, 5.41) is 1.13. The molecule has 3 aliphatic heterocycles. The second-order valence-corrected chi connectivity index (χ2v) is 13.1. The predicted molar refractivity (Wildman–Crippen MR) is 173 cm³/mol. The number of nitrogens with zero attached hydrogens (tertiary/aromatic N) is 6. The average Bonchev–Trinajstić information content (AvgIpc) is 3.46. The number of methoxy groups -OCH3 is 1.